The van der Waals surface area contributed by atoms with Gasteiger partial charge in [0, 0.05) is 17.1 Å². The smallest absolute Gasteiger partial charge is 0.255 e. The minimum Gasteiger partial charge on any atom is -0.395 e. The predicted molar refractivity (Wildman–Crippen MR) is 68.5 cm³/mol. The average Bonchev–Trinajstić information content (AvgIpc) is 2.85. The minimum absolute atomic E-state index is 0.106. The Balaban J connectivity index is 2.34. The molecule has 6 heteroatoms. The van der Waals surface area contributed by atoms with Gasteiger partial charge in [-0.25, -0.2) is 0 Å². The normalized spacial score (nSPS) is 10.3. The van der Waals surface area contributed by atoms with Crippen LogP contribution in [-0.2, 0) is 0 Å². The summed E-state index contributed by atoms with van der Waals surface area (Å²) in [6.07, 6.45) is 1.44. The van der Waals surface area contributed by atoms with Crippen molar-refractivity contribution in [3.8, 4) is 11.3 Å². The number of rotatable bonds is 4. The molecule has 0 atom stereocenters. The maximum atomic E-state index is 11.8. The standard InChI is InChI=1S/C12H12ClN3O2/c13-10-4-2-1-3-8(10)11-9(7-15-16-11)12(18)14-5-6-17/h1-4,7,17H,5-6H2,(H,14,18)(H,15,16). The zero-order valence-corrected chi connectivity index (χ0v) is 10.2. The van der Waals surface area contributed by atoms with Gasteiger partial charge in [0.1, 0.15) is 0 Å². The highest BCUT2D eigenvalue weighted by Crippen LogP contribution is 2.28. The first-order chi connectivity index (χ1) is 8.74. The number of aromatic amines is 1. The zero-order valence-electron chi connectivity index (χ0n) is 9.48. The fourth-order valence-corrected chi connectivity index (χ4v) is 1.82. The molecule has 3 N–H and O–H groups in total. The summed E-state index contributed by atoms with van der Waals surface area (Å²) in [5, 5.41) is 18.4. The molecule has 94 valence electrons. The molecule has 0 aliphatic rings. The highest BCUT2D eigenvalue weighted by molar-refractivity contribution is 6.33. The molecule has 1 heterocycles. The van der Waals surface area contributed by atoms with Crippen molar-refractivity contribution in [1.82, 2.24) is 15.5 Å². The fourth-order valence-electron chi connectivity index (χ4n) is 1.59. The van der Waals surface area contributed by atoms with Crippen LogP contribution in [0.15, 0.2) is 30.5 Å². The summed E-state index contributed by atoms with van der Waals surface area (Å²) in [7, 11) is 0. The van der Waals surface area contributed by atoms with Gasteiger partial charge in [-0.3, -0.25) is 9.89 Å². The highest BCUT2D eigenvalue weighted by Gasteiger charge is 2.16. The molecule has 1 aromatic carbocycles. The fraction of sp³-hybridized carbons (Fsp3) is 0.167. The largest absolute Gasteiger partial charge is 0.395 e. The lowest BCUT2D eigenvalue weighted by Gasteiger charge is -2.05. The lowest BCUT2D eigenvalue weighted by molar-refractivity contribution is 0.0945. The number of carbonyl (C=O) groups is 1. The number of nitrogens with one attached hydrogen (secondary N) is 2. The summed E-state index contributed by atoms with van der Waals surface area (Å²) in [6, 6.07) is 7.19. The van der Waals surface area contributed by atoms with Crippen LogP contribution < -0.4 is 5.32 Å². The molecule has 0 bridgehead atoms. The van der Waals surface area contributed by atoms with E-state index in [4.69, 9.17) is 16.7 Å². The monoisotopic (exact) mass is 265 g/mol. The van der Waals surface area contributed by atoms with Crippen LogP contribution in [0.2, 0.25) is 5.02 Å². The highest BCUT2D eigenvalue weighted by atomic mass is 35.5. The molecular formula is C12H12ClN3O2. The van der Waals surface area contributed by atoms with E-state index in [2.05, 4.69) is 15.5 Å². The summed E-state index contributed by atoms with van der Waals surface area (Å²) in [4.78, 5) is 11.8. The molecule has 0 unspecified atom stereocenters. The number of hydrogen-bond donors (Lipinski definition) is 3. The Labute approximate surface area is 109 Å². The van der Waals surface area contributed by atoms with E-state index in [0.29, 0.717) is 21.8 Å². The average molecular weight is 266 g/mol. The van der Waals surface area contributed by atoms with Crippen LogP contribution in [0.3, 0.4) is 0 Å². The molecule has 2 aromatic rings. The van der Waals surface area contributed by atoms with Gasteiger partial charge in [-0.1, -0.05) is 29.8 Å². The molecule has 0 aliphatic carbocycles. The maximum Gasteiger partial charge on any atom is 0.255 e. The van der Waals surface area contributed by atoms with Gasteiger partial charge in [-0.2, -0.15) is 5.10 Å². The van der Waals surface area contributed by atoms with Gasteiger partial charge in [0.05, 0.1) is 24.1 Å². The second kappa shape index (κ2) is 5.66. The Bertz CT molecular complexity index is 554. The number of carbonyl (C=O) groups excluding carboxylic acids is 1. The van der Waals surface area contributed by atoms with E-state index in [1.807, 2.05) is 12.1 Å². The number of amides is 1. The molecule has 0 saturated carbocycles. The van der Waals surface area contributed by atoms with Crippen molar-refractivity contribution < 1.29 is 9.90 Å². The molecule has 0 aliphatic heterocycles. The molecule has 2 rings (SSSR count). The molecule has 0 spiro atoms. The Morgan fingerprint density at radius 2 is 2.22 bits per heavy atom. The van der Waals surface area contributed by atoms with Crippen LogP contribution in [0.4, 0.5) is 0 Å². The second-order valence-electron chi connectivity index (χ2n) is 3.62. The SMILES string of the molecule is O=C(NCCO)c1cn[nH]c1-c1ccccc1Cl. The summed E-state index contributed by atoms with van der Waals surface area (Å²) in [5.74, 6) is -0.298. The van der Waals surface area contributed by atoms with E-state index in [-0.39, 0.29) is 19.1 Å². The summed E-state index contributed by atoms with van der Waals surface area (Å²) < 4.78 is 0. The molecule has 18 heavy (non-hydrogen) atoms. The van der Waals surface area contributed by atoms with Crippen LogP contribution in [0.5, 0.6) is 0 Å². The third kappa shape index (κ3) is 2.52. The van der Waals surface area contributed by atoms with Gasteiger partial charge in [0.2, 0.25) is 0 Å². The number of H-pyrrole nitrogens is 1. The number of nitrogens with zero attached hydrogens (tertiary/aromatic N) is 1. The van der Waals surface area contributed by atoms with Gasteiger partial charge in [-0.05, 0) is 6.07 Å². The van der Waals surface area contributed by atoms with E-state index in [1.54, 1.807) is 12.1 Å². The molecule has 0 radical (unpaired) electrons. The number of aromatic nitrogens is 2. The quantitative estimate of drug-likeness (QED) is 0.783. The first kappa shape index (κ1) is 12.6. The molecule has 0 fully saturated rings. The number of hydrogen-bond acceptors (Lipinski definition) is 3. The van der Waals surface area contributed by atoms with Crippen molar-refractivity contribution in [3.05, 3.63) is 41.0 Å². The topological polar surface area (TPSA) is 78.0 Å². The first-order valence-corrected chi connectivity index (χ1v) is 5.79. The number of aliphatic hydroxyl groups excluding tert-OH is 1. The van der Waals surface area contributed by atoms with Gasteiger partial charge in [-0.15, -0.1) is 0 Å². The summed E-state index contributed by atoms with van der Waals surface area (Å²) >= 11 is 6.08. The van der Waals surface area contributed by atoms with Crippen molar-refractivity contribution in [1.29, 1.82) is 0 Å². The molecule has 5 nitrogen and oxygen atoms in total. The van der Waals surface area contributed by atoms with Crippen molar-refractivity contribution >= 4 is 17.5 Å². The minimum atomic E-state index is -0.298. The van der Waals surface area contributed by atoms with Gasteiger partial charge >= 0.3 is 0 Å². The number of halogens is 1. The summed E-state index contributed by atoms with van der Waals surface area (Å²) in [5.41, 5.74) is 1.68. The number of aliphatic hydroxyl groups is 1. The van der Waals surface area contributed by atoms with Crippen molar-refractivity contribution in [2.75, 3.05) is 13.2 Å². The Hall–Kier alpha value is -1.85. The third-order valence-corrected chi connectivity index (χ3v) is 2.75. The molecular weight excluding hydrogens is 254 g/mol. The van der Waals surface area contributed by atoms with Gasteiger partial charge < -0.3 is 10.4 Å². The van der Waals surface area contributed by atoms with Crippen LogP contribution in [0.1, 0.15) is 10.4 Å². The molecule has 1 amide bonds. The van der Waals surface area contributed by atoms with Crippen LogP contribution in [-0.4, -0.2) is 34.4 Å². The van der Waals surface area contributed by atoms with E-state index in [9.17, 15) is 4.79 Å². The van der Waals surface area contributed by atoms with E-state index in [1.165, 1.54) is 6.20 Å². The number of benzene rings is 1. The Morgan fingerprint density at radius 1 is 1.44 bits per heavy atom. The van der Waals surface area contributed by atoms with E-state index in [0.717, 1.165) is 0 Å². The van der Waals surface area contributed by atoms with E-state index < -0.39 is 0 Å². The molecule has 1 aromatic heterocycles. The Morgan fingerprint density at radius 3 is 2.94 bits per heavy atom. The predicted octanol–water partition coefficient (Wildman–Crippen LogP) is 1.45. The summed E-state index contributed by atoms with van der Waals surface area (Å²) in [6.45, 7) is 0.0942. The van der Waals surface area contributed by atoms with Crippen molar-refractivity contribution in [2.45, 2.75) is 0 Å². The second-order valence-corrected chi connectivity index (χ2v) is 4.03. The van der Waals surface area contributed by atoms with Crippen LogP contribution >= 0.6 is 11.6 Å². The Kier molecular flexibility index (Phi) is 3.96. The molecule has 0 saturated heterocycles. The lowest BCUT2D eigenvalue weighted by Crippen LogP contribution is -2.26. The lowest BCUT2D eigenvalue weighted by atomic mass is 10.1. The van der Waals surface area contributed by atoms with Crippen molar-refractivity contribution in [2.24, 2.45) is 0 Å². The zero-order chi connectivity index (χ0) is 13.0. The first-order valence-electron chi connectivity index (χ1n) is 5.41. The maximum absolute atomic E-state index is 11.8. The van der Waals surface area contributed by atoms with Crippen LogP contribution in [0, 0.1) is 0 Å². The van der Waals surface area contributed by atoms with Crippen LogP contribution in [0.25, 0.3) is 11.3 Å². The van der Waals surface area contributed by atoms with Crippen molar-refractivity contribution in [3.63, 3.8) is 0 Å². The van der Waals surface area contributed by atoms with E-state index >= 15 is 0 Å². The third-order valence-electron chi connectivity index (χ3n) is 2.42. The van der Waals surface area contributed by atoms with Gasteiger partial charge in [0.15, 0.2) is 0 Å². The van der Waals surface area contributed by atoms with Gasteiger partial charge in [0.25, 0.3) is 5.91 Å².